The van der Waals surface area contributed by atoms with Crippen molar-refractivity contribution in [3.63, 3.8) is 0 Å². The van der Waals surface area contributed by atoms with Crippen LogP contribution in [0.5, 0.6) is 0 Å². The molecule has 0 aromatic rings. The fraction of sp³-hybridized carbons (Fsp3) is 0.809. The minimum Gasteiger partial charge on any atom is -0.394 e. The average Bonchev–Trinajstić information content (AvgIpc) is 3.13. The fourth-order valence-electron chi connectivity index (χ4n) is 6.70. The molecule has 2 atom stereocenters. The quantitative estimate of drug-likeness (QED) is 0.0437. The number of amides is 1. The number of hydrogen-bond donors (Lipinski definition) is 3. The second-order valence-electron chi connectivity index (χ2n) is 15.1. The van der Waals surface area contributed by atoms with Crippen LogP contribution in [0, 0.1) is 0 Å². The molecule has 0 aliphatic rings. The smallest absolute Gasteiger partial charge is 0.220 e. The van der Waals surface area contributed by atoms with E-state index >= 15 is 0 Å². The summed E-state index contributed by atoms with van der Waals surface area (Å²) in [5.74, 6) is -0.0454. The molecule has 298 valence electrons. The first-order valence-corrected chi connectivity index (χ1v) is 22.3. The van der Waals surface area contributed by atoms with Gasteiger partial charge >= 0.3 is 0 Å². The highest BCUT2D eigenvalue weighted by Gasteiger charge is 2.20. The fourth-order valence-corrected chi connectivity index (χ4v) is 6.70. The number of allylic oxidation sites excluding steroid dienone is 8. The first-order valence-electron chi connectivity index (χ1n) is 22.3. The van der Waals surface area contributed by atoms with E-state index in [0.717, 1.165) is 64.2 Å². The van der Waals surface area contributed by atoms with Gasteiger partial charge in [0.25, 0.3) is 0 Å². The van der Waals surface area contributed by atoms with Gasteiger partial charge in [0.15, 0.2) is 0 Å². The zero-order valence-electron chi connectivity index (χ0n) is 34.1. The summed E-state index contributed by atoms with van der Waals surface area (Å²) in [4.78, 5) is 12.4. The van der Waals surface area contributed by atoms with E-state index in [4.69, 9.17) is 0 Å². The van der Waals surface area contributed by atoms with Gasteiger partial charge in [0, 0.05) is 6.42 Å². The second kappa shape index (κ2) is 42.8. The van der Waals surface area contributed by atoms with Gasteiger partial charge < -0.3 is 15.5 Å². The molecule has 1 amide bonds. The second-order valence-corrected chi connectivity index (χ2v) is 15.1. The monoisotopic (exact) mass is 714 g/mol. The molecule has 0 saturated carbocycles. The maximum absolute atomic E-state index is 12.4. The summed E-state index contributed by atoms with van der Waals surface area (Å²) in [6.07, 6.45) is 57.6. The summed E-state index contributed by atoms with van der Waals surface area (Å²) in [5, 5.41) is 23.2. The number of carbonyl (C=O) groups is 1. The summed E-state index contributed by atoms with van der Waals surface area (Å²) in [6.45, 7) is 4.25. The van der Waals surface area contributed by atoms with E-state index in [0.29, 0.717) is 12.8 Å². The molecule has 0 aromatic heterocycles. The lowest BCUT2D eigenvalue weighted by atomic mass is 10.0. The van der Waals surface area contributed by atoms with Crippen LogP contribution in [0.15, 0.2) is 48.6 Å². The number of aliphatic hydroxyl groups is 2. The Balaban J connectivity index is 3.55. The van der Waals surface area contributed by atoms with Gasteiger partial charge in [0.05, 0.1) is 18.8 Å². The normalized spacial score (nSPS) is 13.4. The van der Waals surface area contributed by atoms with Crippen molar-refractivity contribution in [1.82, 2.24) is 5.32 Å². The molecule has 2 unspecified atom stereocenters. The van der Waals surface area contributed by atoms with Crippen LogP contribution in [0.4, 0.5) is 0 Å². The third kappa shape index (κ3) is 39.4. The molecule has 51 heavy (non-hydrogen) atoms. The summed E-state index contributed by atoms with van der Waals surface area (Å²) < 4.78 is 0. The Morgan fingerprint density at radius 1 is 0.490 bits per heavy atom. The molecular formula is C47H87NO3. The van der Waals surface area contributed by atoms with Crippen molar-refractivity contribution in [2.75, 3.05) is 6.61 Å². The highest BCUT2D eigenvalue weighted by molar-refractivity contribution is 5.76. The highest BCUT2D eigenvalue weighted by Crippen LogP contribution is 2.16. The Morgan fingerprint density at radius 3 is 1.29 bits per heavy atom. The van der Waals surface area contributed by atoms with Crippen LogP contribution in [0.25, 0.3) is 0 Å². The van der Waals surface area contributed by atoms with Gasteiger partial charge in [-0.3, -0.25) is 4.79 Å². The third-order valence-electron chi connectivity index (χ3n) is 10.1. The Hall–Kier alpha value is -1.65. The van der Waals surface area contributed by atoms with Crippen LogP contribution in [0.3, 0.4) is 0 Å². The molecule has 0 bridgehead atoms. The minimum absolute atomic E-state index is 0.0454. The van der Waals surface area contributed by atoms with Gasteiger partial charge in [-0.1, -0.05) is 217 Å². The zero-order chi connectivity index (χ0) is 37.1. The number of rotatable bonds is 40. The highest BCUT2D eigenvalue weighted by atomic mass is 16.3. The van der Waals surface area contributed by atoms with Gasteiger partial charge in [-0.15, -0.1) is 0 Å². The van der Waals surface area contributed by atoms with Crippen LogP contribution >= 0.6 is 0 Å². The molecular weight excluding hydrogens is 627 g/mol. The number of unbranched alkanes of at least 4 members (excludes halogenated alkanes) is 25. The molecule has 0 fully saturated rings. The van der Waals surface area contributed by atoms with Gasteiger partial charge in [-0.2, -0.15) is 0 Å². The molecule has 4 nitrogen and oxygen atoms in total. The predicted molar refractivity (Wildman–Crippen MR) is 225 cm³/mol. The van der Waals surface area contributed by atoms with E-state index in [2.05, 4.69) is 67.8 Å². The van der Waals surface area contributed by atoms with Crippen LogP contribution in [0.2, 0.25) is 0 Å². The lowest BCUT2D eigenvalue weighted by Gasteiger charge is -2.22. The van der Waals surface area contributed by atoms with Crippen molar-refractivity contribution >= 4 is 5.91 Å². The topological polar surface area (TPSA) is 69.6 Å². The van der Waals surface area contributed by atoms with E-state index in [1.165, 1.54) is 135 Å². The number of hydrogen-bond acceptors (Lipinski definition) is 3. The maximum Gasteiger partial charge on any atom is 0.220 e. The molecule has 0 rings (SSSR count). The maximum atomic E-state index is 12.4. The third-order valence-corrected chi connectivity index (χ3v) is 10.1. The summed E-state index contributed by atoms with van der Waals surface area (Å²) in [5.41, 5.74) is 0. The summed E-state index contributed by atoms with van der Waals surface area (Å²) in [6, 6.07) is -0.545. The van der Waals surface area contributed by atoms with E-state index in [1.807, 2.05) is 0 Å². The standard InChI is InChI=1S/C47H87NO3/c1-3-5-7-9-11-13-15-17-19-21-23-25-26-28-30-32-34-36-38-40-42-46(50)45(44-49)48-47(51)43-41-39-37-35-33-31-29-27-24-22-20-18-16-14-12-10-8-6-4-2/h6,8,12,14,18,20,24,27,45-46,49-50H,3-5,7,9-11,13,15-17,19,21-23,25-26,28-44H2,1-2H3,(H,48,51)/b8-6-,14-12-,20-18-,27-24-. The van der Waals surface area contributed by atoms with Gasteiger partial charge in [-0.25, -0.2) is 0 Å². The van der Waals surface area contributed by atoms with Crippen LogP contribution < -0.4 is 5.32 Å². The first-order chi connectivity index (χ1) is 25.2. The van der Waals surface area contributed by atoms with Crippen molar-refractivity contribution in [1.29, 1.82) is 0 Å². The van der Waals surface area contributed by atoms with Crippen LogP contribution in [-0.2, 0) is 4.79 Å². The lowest BCUT2D eigenvalue weighted by molar-refractivity contribution is -0.123. The van der Waals surface area contributed by atoms with Gasteiger partial charge in [0.1, 0.15) is 0 Å². The van der Waals surface area contributed by atoms with Crippen molar-refractivity contribution in [3.8, 4) is 0 Å². The molecule has 0 radical (unpaired) electrons. The molecule has 4 heteroatoms. The Labute approximate surface area is 318 Å². The zero-order valence-corrected chi connectivity index (χ0v) is 34.1. The molecule has 0 aromatic carbocycles. The summed E-state index contributed by atoms with van der Waals surface area (Å²) >= 11 is 0. The predicted octanol–water partition coefficient (Wildman–Crippen LogP) is 14.0. The minimum atomic E-state index is -0.667. The molecule has 0 aliphatic carbocycles. The number of nitrogens with one attached hydrogen (secondary N) is 1. The Morgan fingerprint density at radius 2 is 0.863 bits per heavy atom. The van der Waals surface area contributed by atoms with Crippen molar-refractivity contribution in [2.45, 2.75) is 238 Å². The van der Waals surface area contributed by atoms with E-state index < -0.39 is 12.1 Å². The molecule has 0 saturated heterocycles. The Bertz CT molecular complexity index is 816. The lowest BCUT2D eigenvalue weighted by Crippen LogP contribution is -2.45. The number of aliphatic hydroxyl groups excluding tert-OH is 2. The van der Waals surface area contributed by atoms with Gasteiger partial charge in [-0.05, 0) is 51.4 Å². The van der Waals surface area contributed by atoms with Gasteiger partial charge in [0.2, 0.25) is 5.91 Å². The van der Waals surface area contributed by atoms with Crippen molar-refractivity contribution in [3.05, 3.63) is 48.6 Å². The van der Waals surface area contributed by atoms with Crippen molar-refractivity contribution < 1.29 is 15.0 Å². The van der Waals surface area contributed by atoms with E-state index in [-0.39, 0.29) is 12.5 Å². The van der Waals surface area contributed by atoms with Crippen molar-refractivity contribution in [2.24, 2.45) is 0 Å². The molecule has 0 spiro atoms. The average molecular weight is 714 g/mol. The van der Waals surface area contributed by atoms with E-state index in [1.54, 1.807) is 0 Å². The molecule has 0 heterocycles. The Kier molecular flexibility index (Phi) is 41.4. The molecule has 0 aliphatic heterocycles. The first kappa shape index (κ1) is 49.4. The SMILES string of the molecule is CC/C=C\C/C=C\C/C=C\C/C=C\CCCCCCCCC(=O)NC(CO)C(O)CCCCCCCCCCCCCCCCCCCCCC. The number of carbonyl (C=O) groups excluding carboxylic acids is 1. The van der Waals surface area contributed by atoms with Crippen LogP contribution in [0.1, 0.15) is 226 Å². The van der Waals surface area contributed by atoms with Crippen LogP contribution in [-0.4, -0.2) is 34.9 Å². The summed E-state index contributed by atoms with van der Waals surface area (Å²) in [7, 11) is 0. The molecule has 3 N–H and O–H groups in total. The van der Waals surface area contributed by atoms with E-state index in [9.17, 15) is 15.0 Å². The largest absolute Gasteiger partial charge is 0.394 e.